The molecule has 29 heavy (non-hydrogen) atoms. The fraction of sp³-hybridized carbons (Fsp3) is 0.273. The Balaban J connectivity index is 1.37. The number of pyridine rings is 1. The molecule has 1 aromatic heterocycles. The van der Waals surface area contributed by atoms with Crippen molar-refractivity contribution >= 4 is 26.6 Å². The van der Waals surface area contributed by atoms with Crippen molar-refractivity contribution in [3.05, 3.63) is 66.4 Å². The van der Waals surface area contributed by atoms with E-state index >= 15 is 0 Å². The van der Waals surface area contributed by atoms with Crippen LogP contribution in [0.3, 0.4) is 0 Å². The van der Waals surface area contributed by atoms with Gasteiger partial charge in [-0.05, 0) is 53.8 Å². The molecule has 0 saturated carbocycles. The summed E-state index contributed by atoms with van der Waals surface area (Å²) < 4.78 is 28.2. The Morgan fingerprint density at radius 2 is 1.83 bits per heavy atom. The molecule has 148 valence electrons. The first kappa shape index (κ1) is 19.4. The van der Waals surface area contributed by atoms with Crippen LogP contribution in [0.5, 0.6) is 0 Å². The van der Waals surface area contributed by atoms with Gasteiger partial charge in [0.15, 0.2) is 0 Å². The molecule has 1 N–H and O–H groups in total. The van der Waals surface area contributed by atoms with E-state index in [1.165, 1.54) is 0 Å². The summed E-state index contributed by atoms with van der Waals surface area (Å²) in [5.74, 6) is 0.973. The fourth-order valence-corrected chi connectivity index (χ4v) is 4.88. The van der Waals surface area contributed by atoms with Gasteiger partial charge < -0.3 is 4.90 Å². The minimum atomic E-state index is -3.55. The third-order valence-corrected chi connectivity index (χ3v) is 6.84. The van der Waals surface area contributed by atoms with Gasteiger partial charge in [0.25, 0.3) is 0 Å². The van der Waals surface area contributed by atoms with E-state index in [1.54, 1.807) is 30.5 Å². The van der Waals surface area contributed by atoms with E-state index in [1.807, 2.05) is 30.3 Å². The number of hydrogen-bond acceptors (Lipinski definition) is 5. The number of nitrogens with one attached hydrogen (secondary N) is 1. The highest BCUT2D eigenvalue weighted by molar-refractivity contribution is 7.89. The van der Waals surface area contributed by atoms with Gasteiger partial charge in [0.1, 0.15) is 11.9 Å². The van der Waals surface area contributed by atoms with Gasteiger partial charge >= 0.3 is 0 Å². The standard InChI is InChI=1S/C22H22N4O2S/c23-15-20-6-3-11-24-22(20)26-12-9-17(10-13-26)16-25-29(27,28)21-8-7-18-4-1-2-5-19(18)14-21/h1-8,11,14,17,25H,9-10,12-13,16H2. The van der Waals surface area contributed by atoms with Crippen molar-refractivity contribution in [2.75, 3.05) is 24.5 Å². The van der Waals surface area contributed by atoms with Gasteiger partial charge in [0, 0.05) is 25.8 Å². The predicted molar refractivity (Wildman–Crippen MR) is 113 cm³/mol. The van der Waals surface area contributed by atoms with E-state index in [2.05, 4.69) is 20.7 Å². The number of aromatic nitrogens is 1. The van der Waals surface area contributed by atoms with Crippen LogP contribution in [0.2, 0.25) is 0 Å². The predicted octanol–water partition coefficient (Wildman–Crippen LogP) is 3.30. The van der Waals surface area contributed by atoms with Crippen molar-refractivity contribution < 1.29 is 8.42 Å². The fourth-order valence-electron chi connectivity index (χ4n) is 3.73. The van der Waals surface area contributed by atoms with Crippen molar-refractivity contribution in [3.63, 3.8) is 0 Å². The van der Waals surface area contributed by atoms with Crippen molar-refractivity contribution in [2.45, 2.75) is 17.7 Å². The van der Waals surface area contributed by atoms with Crippen LogP contribution in [-0.4, -0.2) is 33.0 Å². The first-order valence-corrected chi connectivity index (χ1v) is 11.1. The average molecular weight is 407 g/mol. The van der Waals surface area contributed by atoms with Crippen molar-refractivity contribution in [2.24, 2.45) is 5.92 Å². The molecule has 1 fully saturated rings. The molecule has 0 radical (unpaired) electrons. The third-order valence-electron chi connectivity index (χ3n) is 5.41. The molecule has 0 spiro atoms. The maximum atomic E-state index is 12.7. The molecule has 1 aliphatic rings. The van der Waals surface area contributed by atoms with E-state index in [9.17, 15) is 13.7 Å². The molecule has 1 saturated heterocycles. The molecule has 0 amide bonds. The molecule has 1 aliphatic heterocycles. The summed E-state index contributed by atoms with van der Waals surface area (Å²) in [4.78, 5) is 6.74. The Morgan fingerprint density at radius 1 is 1.07 bits per heavy atom. The van der Waals surface area contributed by atoms with E-state index in [0.29, 0.717) is 22.8 Å². The molecule has 0 aliphatic carbocycles. The number of rotatable bonds is 5. The number of sulfonamides is 1. The maximum Gasteiger partial charge on any atom is 0.240 e. The lowest BCUT2D eigenvalue weighted by Gasteiger charge is -2.33. The first-order valence-electron chi connectivity index (χ1n) is 9.65. The lowest BCUT2D eigenvalue weighted by Crippen LogP contribution is -2.39. The van der Waals surface area contributed by atoms with Crippen LogP contribution in [0.25, 0.3) is 10.8 Å². The molecular formula is C22H22N4O2S. The molecule has 6 nitrogen and oxygen atoms in total. The summed E-state index contributed by atoms with van der Waals surface area (Å²) in [5.41, 5.74) is 0.572. The molecular weight excluding hydrogens is 384 g/mol. The molecule has 7 heteroatoms. The van der Waals surface area contributed by atoms with Crippen LogP contribution in [0.15, 0.2) is 65.7 Å². The summed E-state index contributed by atoms with van der Waals surface area (Å²) in [6, 6.07) is 18.6. The number of nitrogens with zero attached hydrogens (tertiary/aromatic N) is 3. The van der Waals surface area contributed by atoms with Crippen molar-refractivity contribution in [1.29, 1.82) is 5.26 Å². The monoisotopic (exact) mass is 406 g/mol. The van der Waals surface area contributed by atoms with E-state index in [-0.39, 0.29) is 5.92 Å². The largest absolute Gasteiger partial charge is 0.356 e. The number of hydrogen-bond donors (Lipinski definition) is 1. The average Bonchev–Trinajstić information content (AvgIpc) is 2.77. The molecule has 2 aromatic carbocycles. The summed E-state index contributed by atoms with van der Waals surface area (Å²) in [6.45, 7) is 1.93. The van der Waals surface area contributed by atoms with Crippen molar-refractivity contribution in [1.82, 2.24) is 9.71 Å². The zero-order valence-electron chi connectivity index (χ0n) is 16.0. The Hall–Kier alpha value is -2.95. The van der Waals surface area contributed by atoms with E-state index in [0.717, 1.165) is 36.7 Å². The van der Waals surface area contributed by atoms with E-state index in [4.69, 9.17) is 0 Å². The normalized spacial score (nSPS) is 15.3. The smallest absolute Gasteiger partial charge is 0.240 e. The van der Waals surface area contributed by atoms with Gasteiger partial charge in [-0.15, -0.1) is 0 Å². The second-order valence-electron chi connectivity index (χ2n) is 7.28. The van der Waals surface area contributed by atoms with Crippen LogP contribution in [0.4, 0.5) is 5.82 Å². The zero-order valence-corrected chi connectivity index (χ0v) is 16.8. The molecule has 3 aromatic rings. The van der Waals surface area contributed by atoms with Gasteiger partial charge in [-0.3, -0.25) is 0 Å². The minimum absolute atomic E-state index is 0.260. The van der Waals surface area contributed by atoms with Crippen LogP contribution in [-0.2, 0) is 10.0 Å². The van der Waals surface area contributed by atoms with Crippen LogP contribution < -0.4 is 9.62 Å². The summed E-state index contributed by atoms with van der Waals surface area (Å²) >= 11 is 0. The van der Waals surface area contributed by atoms with Crippen LogP contribution in [0.1, 0.15) is 18.4 Å². The van der Waals surface area contributed by atoms with Gasteiger partial charge in [-0.1, -0.05) is 30.3 Å². The molecule has 0 atom stereocenters. The van der Waals surface area contributed by atoms with Crippen LogP contribution in [0, 0.1) is 17.2 Å². The highest BCUT2D eigenvalue weighted by atomic mass is 32.2. The molecule has 0 unspecified atom stereocenters. The minimum Gasteiger partial charge on any atom is -0.356 e. The third kappa shape index (κ3) is 4.24. The lowest BCUT2D eigenvalue weighted by atomic mass is 9.97. The number of benzene rings is 2. The molecule has 4 rings (SSSR count). The Bertz CT molecular complexity index is 1160. The SMILES string of the molecule is N#Cc1cccnc1N1CCC(CNS(=O)(=O)c2ccc3ccccc3c2)CC1. The Labute approximate surface area is 170 Å². The number of fused-ring (bicyclic) bond motifs is 1. The van der Waals surface area contributed by atoms with E-state index < -0.39 is 10.0 Å². The Morgan fingerprint density at radius 3 is 2.59 bits per heavy atom. The number of nitriles is 1. The summed E-state index contributed by atoms with van der Waals surface area (Å²) in [7, 11) is -3.55. The maximum absolute atomic E-state index is 12.7. The first-order chi connectivity index (χ1) is 14.1. The quantitative estimate of drug-likeness (QED) is 0.703. The summed E-state index contributed by atoms with van der Waals surface area (Å²) in [6.07, 6.45) is 3.39. The lowest BCUT2D eigenvalue weighted by molar-refractivity contribution is 0.400. The summed E-state index contributed by atoms with van der Waals surface area (Å²) in [5, 5.41) is 11.2. The van der Waals surface area contributed by atoms with Crippen LogP contribution >= 0.6 is 0 Å². The molecule has 0 bridgehead atoms. The number of piperidine rings is 1. The zero-order chi connectivity index (χ0) is 20.3. The molecule has 2 heterocycles. The topological polar surface area (TPSA) is 86.1 Å². The van der Waals surface area contributed by atoms with Gasteiger partial charge in [-0.2, -0.15) is 5.26 Å². The van der Waals surface area contributed by atoms with Gasteiger partial charge in [-0.25, -0.2) is 18.1 Å². The van der Waals surface area contributed by atoms with Gasteiger partial charge in [0.05, 0.1) is 10.5 Å². The highest BCUT2D eigenvalue weighted by Gasteiger charge is 2.24. The second kappa shape index (κ2) is 8.19. The van der Waals surface area contributed by atoms with Gasteiger partial charge in [0.2, 0.25) is 10.0 Å². The highest BCUT2D eigenvalue weighted by Crippen LogP contribution is 2.24. The van der Waals surface area contributed by atoms with Crippen molar-refractivity contribution in [3.8, 4) is 6.07 Å². The Kier molecular flexibility index (Phi) is 5.47. The number of anilines is 1. The second-order valence-corrected chi connectivity index (χ2v) is 9.04.